The van der Waals surface area contributed by atoms with Crippen molar-refractivity contribution in [3.8, 4) is 0 Å². The van der Waals surface area contributed by atoms with Crippen LogP contribution in [0.15, 0.2) is 18.5 Å². The van der Waals surface area contributed by atoms with Gasteiger partial charge < -0.3 is 10.6 Å². The minimum Gasteiger partial charge on any atom is -0.315 e. The fourth-order valence-electron chi connectivity index (χ4n) is 1.41. The first kappa shape index (κ1) is 13.1. The van der Waals surface area contributed by atoms with E-state index in [1.165, 1.54) is 12.3 Å². The molecular weight excluding hydrogens is 205 g/mol. The average molecular weight is 225 g/mol. The Morgan fingerprint density at radius 1 is 1.44 bits per heavy atom. The van der Waals surface area contributed by atoms with Gasteiger partial charge in [-0.3, -0.25) is 4.98 Å². The van der Waals surface area contributed by atoms with Gasteiger partial charge in [0.25, 0.3) is 0 Å². The Bertz CT molecular complexity index is 304. The fourth-order valence-corrected chi connectivity index (χ4v) is 1.41. The molecule has 1 aromatic heterocycles. The van der Waals surface area contributed by atoms with E-state index in [2.05, 4.69) is 29.5 Å². The maximum absolute atomic E-state index is 12.8. The summed E-state index contributed by atoms with van der Waals surface area (Å²) in [5.74, 6) is -0.281. The second-order valence-electron chi connectivity index (χ2n) is 4.00. The van der Waals surface area contributed by atoms with Gasteiger partial charge >= 0.3 is 0 Å². The molecule has 0 saturated heterocycles. The second kappa shape index (κ2) is 7.30. The maximum atomic E-state index is 12.8. The van der Waals surface area contributed by atoms with Gasteiger partial charge in [-0.15, -0.1) is 0 Å². The molecule has 3 nitrogen and oxygen atoms in total. The van der Waals surface area contributed by atoms with Crippen molar-refractivity contribution in [1.29, 1.82) is 0 Å². The van der Waals surface area contributed by atoms with Crippen molar-refractivity contribution >= 4 is 0 Å². The molecule has 0 spiro atoms. The summed E-state index contributed by atoms with van der Waals surface area (Å²) in [6, 6.07) is 1.88. The van der Waals surface area contributed by atoms with Gasteiger partial charge in [0, 0.05) is 25.3 Å². The van der Waals surface area contributed by atoms with Crippen LogP contribution >= 0.6 is 0 Å². The van der Waals surface area contributed by atoms with Gasteiger partial charge in [0.05, 0.1) is 6.20 Å². The van der Waals surface area contributed by atoms with Crippen LogP contribution in [-0.4, -0.2) is 24.1 Å². The van der Waals surface area contributed by atoms with Gasteiger partial charge in [-0.05, 0) is 31.5 Å². The number of rotatable bonds is 7. The summed E-state index contributed by atoms with van der Waals surface area (Å²) >= 11 is 0. The third kappa shape index (κ3) is 5.19. The predicted molar refractivity (Wildman–Crippen MR) is 63.7 cm³/mol. The van der Waals surface area contributed by atoms with Crippen LogP contribution in [0.5, 0.6) is 0 Å². The molecule has 1 atom stereocenters. The van der Waals surface area contributed by atoms with Crippen LogP contribution in [0.3, 0.4) is 0 Å². The van der Waals surface area contributed by atoms with Crippen LogP contribution < -0.4 is 10.6 Å². The molecule has 1 unspecified atom stereocenters. The Labute approximate surface area is 96.5 Å². The number of pyridine rings is 1. The van der Waals surface area contributed by atoms with Crippen molar-refractivity contribution in [2.75, 3.05) is 13.1 Å². The Morgan fingerprint density at radius 2 is 2.25 bits per heavy atom. The molecule has 0 aliphatic carbocycles. The predicted octanol–water partition coefficient (Wildman–Crippen LogP) is 1.70. The van der Waals surface area contributed by atoms with Crippen LogP contribution in [-0.2, 0) is 6.54 Å². The van der Waals surface area contributed by atoms with E-state index in [0.717, 1.165) is 25.1 Å². The molecule has 0 aliphatic rings. The molecule has 0 bridgehead atoms. The smallest absolute Gasteiger partial charge is 0.141 e. The lowest BCUT2D eigenvalue weighted by Crippen LogP contribution is -2.36. The van der Waals surface area contributed by atoms with E-state index < -0.39 is 0 Å². The lowest BCUT2D eigenvalue weighted by atomic mass is 10.2. The monoisotopic (exact) mass is 225 g/mol. The van der Waals surface area contributed by atoms with Gasteiger partial charge in [0.1, 0.15) is 5.82 Å². The van der Waals surface area contributed by atoms with Crippen LogP contribution in [0.25, 0.3) is 0 Å². The van der Waals surface area contributed by atoms with Crippen molar-refractivity contribution < 1.29 is 4.39 Å². The van der Waals surface area contributed by atoms with Crippen molar-refractivity contribution in [3.63, 3.8) is 0 Å². The summed E-state index contributed by atoms with van der Waals surface area (Å²) < 4.78 is 12.8. The molecule has 0 fully saturated rings. The molecule has 1 rings (SSSR count). The molecule has 0 radical (unpaired) electrons. The second-order valence-corrected chi connectivity index (χ2v) is 4.00. The van der Waals surface area contributed by atoms with Gasteiger partial charge in [-0.2, -0.15) is 0 Å². The van der Waals surface area contributed by atoms with Crippen LogP contribution in [0.4, 0.5) is 4.39 Å². The number of halogens is 1. The number of aromatic nitrogens is 1. The molecule has 2 N–H and O–H groups in total. The molecule has 4 heteroatoms. The SMILES string of the molecule is CCCNCC(C)NCc1cncc(F)c1. The molecular formula is C12H20FN3. The molecule has 1 heterocycles. The number of nitrogens with one attached hydrogen (secondary N) is 2. The molecule has 0 aromatic carbocycles. The van der Waals surface area contributed by atoms with Crippen LogP contribution in [0, 0.1) is 5.82 Å². The number of hydrogen-bond donors (Lipinski definition) is 2. The molecule has 1 aromatic rings. The van der Waals surface area contributed by atoms with E-state index in [-0.39, 0.29) is 5.82 Å². The summed E-state index contributed by atoms with van der Waals surface area (Å²) in [6.07, 6.45) is 4.04. The third-order valence-electron chi connectivity index (χ3n) is 2.29. The van der Waals surface area contributed by atoms with E-state index in [1.807, 2.05) is 0 Å². The van der Waals surface area contributed by atoms with Crippen molar-refractivity contribution in [3.05, 3.63) is 29.8 Å². The normalized spacial score (nSPS) is 12.7. The van der Waals surface area contributed by atoms with Crippen LogP contribution in [0.1, 0.15) is 25.8 Å². The van der Waals surface area contributed by atoms with Crippen molar-refractivity contribution in [2.45, 2.75) is 32.9 Å². The Hall–Kier alpha value is -1.00. The molecule has 0 aliphatic heterocycles. The van der Waals surface area contributed by atoms with Gasteiger partial charge in [-0.25, -0.2) is 4.39 Å². The fraction of sp³-hybridized carbons (Fsp3) is 0.583. The highest BCUT2D eigenvalue weighted by atomic mass is 19.1. The standard InChI is InChI=1S/C12H20FN3/c1-3-4-14-6-10(2)16-8-11-5-12(13)9-15-7-11/h5,7,9-10,14,16H,3-4,6,8H2,1-2H3. The molecule has 0 saturated carbocycles. The zero-order valence-corrected chi connectivity index (χ0v) is 9.96. The van der Waals surface area contributed by atoms with Gasteiger partial charge in [0.15, 0.2) is 0 Å². The number of nitrogens with zero attached hydrogens (tertiary/aromatic N) is 1. The quantitative estimate of drug-likeness (QED) is 0.693. The largest absolute Gasteiger partial charge is 0.315 e. The summed E-state index contributed by atoms with van der Waals surface area (Å²) in [5, 5.41) is 6.65. The van der Waals surface area contributed by atoms with E-state index in [9.17, 15) is 4.39 Å². The van der Waals surface area contributed by atoms with E-state index in [0.29, 0.717) is 12.6 Å². The first-order valence-electron chi connectivity index (χ1n) is 5.76. The first-order chi connectivity index (χ1) is 7.72. The summed E-state index contributed by atoms with van der Waals surface area (Å²) in [6.45, 7) is 6.86. The maximum Gasteiger partial charge on any atom is 0.141 e. The molecule has 16 heavy (non-hydrogen) atoms. The van der Waals surface area contributed by atoms with Gasteiger partial charge in [0.2, 0.25) is 0 Å². The van der Waals surface area contributed by atoms with Crippen LogP contribution in [0.2, 0.25) is 0 Å². The summed E-state index contributed by atoms with van der Waals surface area (Å²) in [7, 11) is 0. The zero-order chi connectivity index (χ0) is 11.8. The van der Waals surface area contributed by atoms with Crippen molar-refractivity contribution in [2.24, 2.45) is 0 Å². The lowest BCUT2D eigenvalue weighted by Gasteiger charge is -2.14. The topological polar surface area (TPSA) is 37.0 Å². The Kier molecular flexibility index (Phi) is 5.96. The number of hydrogen-bond acceptors (Lipinski definition) is 3. The van der Waals surface area contributed by atoms with Gasteiger partial charge in [-0.1, -0.05) is 6.92 Å². The summed E-state index contributed by atoms with van der Waals surface area (Å²) in [4.78, 5) is 3.81. The van der Waals surface area contributed by atoms with E-state index in [1.54, 1.807) is 6.20 Å². The van der Waals surface area contributed by atoms with E-state index in [4.69, 9.17) is 0 Å². The zero-order valence-electron chi connectivity index (χ0n) is 9.96. The summed E-state index contributed by atoms with van der Waals surface area (Å²) in [5.41, 5.74) is 0.877. The lowest BCUT2D eigenvalue weighted by molar-refractivity contribution is 0.499. The first-order valence-corrected chi connectivity index (χ1v) is 5.76. The minimum atomic E-state index is -0.281. The molecule has 90 valence electrons. The van der Waals surface area contributed by atoms with E-state index >= 15 is 0 Å². The Balaban J connectivity index is 2.23. The average Bonchev–Trinajstić information content (AvgIpc) is 2.27. The van der Waals surface area contributed by atoms with Crippen molar-refractivity contribution in [1.82, 2.24) is 15.6 Å². The molecule has 0 amide bonds. The highest BCUT2D eigenvalue weighted by molar-refractivity contribution is 5.09. The Morgan fingerprint density at radius 3 is 2.94 bits per heavy atom. The highest BCUT2D eigenvalue weighted by Crippen LogP contribution is 2.00. The minimum absolute atomic E-state index is 0.281. The third-order valence-corrected chi connectivity index (χ3v) is 2.29. The highest BCUT2D eigenvalue weighted by Gasteiger charge is 2.01.